The molecule has 1 aromatic heterocycles. The van der Waals surface area contributed by atoms with E-state index >= 15 is 0 Å². The average molecular weight is 472 g/mol. The minimum atomic E-state index is -3.15. The summed E-state index contributed by atoms with van der Waals surface area (Å²) in [7, 11) is -3.15. The van der Waals surface area contributed by atoms with E-state index in [0.29, 0.717) is 44.2 Å². The molecule has 1 aliphatic heterocycles. The Morgan fingerprint density at radius 1 is 1.09 bits per heavy atom. The van der Waals surface area contributed by atoms with Crippen molar-refractivity contribution in [1.29, 1.82) is 0 Å². The maximum absolute atomic E-state index is 12.3. The van der Waals surface area contributed by atoms with Crippen molar-refractivity contribution in [3.63, 3.8) is 0 Å². The van der Waals surface area contributed by atoms with Gasteiger partial charge < -0.3 is 14.6 Å². The molecule has 1 amide bonds. The lowest BCUT2D eigenvalue weighted by atomic mass is 10.2. The highest BCUT2D eigenvalue weighted by atomic mass is 32.2. The summed E-state index contributed by atoms with van der Waals surface area (Å²) in [5.74, 6) is 1.33. The number of anilines is 1. The zero-order valence-electron chi connectivity index (χ0n) is 18.9. The van der Waals surface area contributed by atoms with E-state index in [1.165, 1.54) is 10.6 Å². The van der Waals surface area contributed by atoms with Gasteiger partial charge in [-0.25, -0.2) is 13.4 Å². The van der Waals surface area contributed by atoms with Gasteiger partial charge >= 0.3 is 0 Å². The second kappa shape index (κ2) is 9.90. The monoisotopic (exact) mass is 471 g/mol. The first-order valence-corrected chi connectivity index (χ1v) is 12.8. The van der Waals surface area contributed by atoms with Crippen LogP contribution in [-0.2, 0) is 27.9 Å². The van der Waals surface area contributed by atoms with E-state index < -0.39 is 10.0 Å². The fraction of sp³-hybridized carbons (Fsp3) is 0.391. The summed E-state index contributed by atoms with van der Waals surface area (Å²) < 4.78 is 32.7. The zero-order valence-corrected chi connectivity index (χ0v) is 19.7. The Morgan fingerprint density at radius 2 is 1.82 bits per heavy atom. The molecule has 0 unspecified atom stereocenters. The number of benzene rings is 2. The van der Waals surface area contributed by atoms with Crippen molar-refractivity contribution >= 4 is 32.7 Å². The molecule has 0 saturated carbocycles. The Morgan fingerprint density at radius 3 is 2.48 bits per heavy atom. The first kappa shape index (κ1) is 23.2. The van der Waals surface area contributed by atoms with Crippen molar-refractivity contribution in [2.24, 2.45) is 0 Å². The minimum Gasteiger partial charge on any atom is -0.484 e. The van der Waals surface area contributed by atoms with Crippen LogP contribution in [-0.4, -0.2) is 72.1 Å². The van der Waals surface area contributed by atoms with Crippen molar-refractivity contribution in [2.45, 2.75) is 20.0 Å². The number of carbonyl (C=O) groups is 1. The molecule has 2 heterocycles. The highest BCUT2D eigenvalue weighted by Gasteiger charge is 2.24. The van der Waals surface area contributed by atoms with Crippen molar-refractivity contribution in [3.05, 3.63) is 54.4 Å². The Balaban J connectivity index is 1.41. The normalized spacial score (nSPS) is 15.6. The molecular formula is C23H29N5O4S. The van der Waals surface area contributed by atoms with Crippen molar-refractivity contribution < 1.29 is 17.9 Å². The molecule has 1 aliphatic rings. The second-order valence-corrected chi connectivity index (χ2v) is 10.0. The summed E-state index contributed by atoms with van der Waals surface area (Å²) >= 11 is 0. The first-order valence-electron chi connectivity index (χ1n) is 11.0. The number of imidazole rings is 1. The van der Waals surface area contributed by atoms with E-state index in [2.05, 4.69) is 21.7 Å². The second-order valence-electron chi connectivity index (χ2n) is 8.06. The van der Waals surface area contributed by atoms with E-state index in [4.69, 9.17) is 9.72 Å². The number of fused-ring (bicyclic) bond motifs is 1. The molecule has 0 radical (unpaired) electrons. The third-order valence-corrected chi connectivity index (χ3v) is 7.01. The summed E-state index contributed by atoms with van der Waals surface area (Å²) in [4.78, 5) is 19.3. The molecule has 33 heavy (non-hydrogen) atoms. The Kier molecular flexibility index (Phi) is 6.96. The smallest absolute Gasteiger partial charge is 0.262 e. The van der Waals surface area contributed by atoms with E-state index in [0.717, 1.165) is 23.4 Å². The number of aryl methyl sites for hydroxylation is 1. The van der Waals surface area contributed by atoms with Crippen LogP contribution in [0.25, 0.3) is 11.0 Å². The molecule has 1 N–H and O–H groups in total. The van der Waals surface area contributed by atoms with Crippen LogP contribution in [0.4, 0.5) is 5.69 Å². The molecule has 1 fully saturated rings. The molecule has 1 saturated heterocycles. The van der Waals surface area contributed by atoms with Gasteiger partial charge in [0.15, 0.2) is 6.61 Å². The molecule has 0 aliphatic carbocycles. The van der Waals surface area contributed by atoms with Crippen LogP contribution in [0.3, 0.4) is 0 Å². The molecule has 2 aromatic carbocycles. The Bertz CT molecular complexity index is 1220. The van der Waals surface area contributed by atoms with Crippen LogP contribution < -0.4 is 10.1 Å². The van der Waals surface area contributed by atoms with Crippen LogP contribution in [0.2, 0.25) is 0 Å². The summed E-state index contributed by atoms with van der Waals surface area (Å²) in [5.41, 5.74) is 2.47. The highest BCUT2D eigenvalue weighted by molar-refractivity contribution is 7.88. The maximum Gasteiger partial charge on any atom is 0.262 e. The number of piperazine rings is 1. The van der Waals surface area contributed by atoms with Crippen LogP contribution in [0.5, 0.6) is 5.75 Å². The number of carbonyl (C=O) groups excluding carboxylic acids is 1. The van der Waals surface area contributed by atoms with Gasteiger partial charge in [0.25, 0.3) is 5.91 Å². The van der Waals surface area contributed by atoms with Gasteiger partial charge in [0, 0.05) is 38.4 Å². The van der Waals surface area contributed by atoms with Crippen molar-refractivity contribution in [2.75, 3.05) is 44.4 Å². The zero-order chi connectivity index (χ0) is 23.4. The third kappa shape index (κ3) is 5.70. The lowest BCUT2D eigenvalue weighted by Gasteiger charge is -2.32. The number of nitrogens with zero attached hydrogens (tertiary/aromatic N) is 4. The van der Waals surface area contributed by atoms with Crippen LogP contribution in [0.15, 0.2) is 48.5 Å². The molecule has 0 bridgehead atoms. The van der Waals surface area contributed by atoms with Gasteiger partial charge in [0.1, 0.15) is 11.6 Å². The summed E-state index contributed by atoms with van der Waals surface area (Å²) in [6, 6.07) is 14.9. The standard InChI is InChI=1S/C23H29N5O4S/c1-3-28-21-10-9-18(24-23(29)17-32-19-7-5-4-6-8-19)15-20(21)25-22(28)16-26-11-13-27(14-12-26)33(2,30)31/h4-10,15H,3,11-14,16-17H2,1-2H3,(H,24,29). The number of sulfonamides is 1. The topological polar surface area (TPSA) is 96.8 Å². The molecular weight excluding hydrogens is 442 g/mol. The van der Waals surface area contributed by atoms with E-state index in [9.17, 15) is 13.2 Å². The van der Waals surface area contributed by atoms with E-state index in [1.807, 2.05) is 36.4 Å². The number of rotatable bonds is 8. The van der Waals surface area contributed by atoms with Gasteiger partial charge in [-0.15, -0.1) is 0 Å². The largest absolute Gasteiger partial charge is 0.484 e. The maximum atomic E-state index is 12.3. The van der Waals surface area contributed by atoms with Crippen LogP contribution in [0.1, 0.15) is 12.7 Å². The van der Waals surface area contributed by atoms with E-state index in [1.54, 1.807) is 12.1 Å². The number of nitrogens with one attached hydrogen (secondary N) is 1. The summed E-state index contributed by atoms with van der Waals surface area (Å²) in [6.45, 7) is 5.74. The summed E-state index contributed by atoms with van der Waals surface area (Å²) in [6.07, 6.45) is 1.25. The lowest BCUT2D eigenvalue weighted by Crippen LogP contribution is -2.48. The molecule has 0 atom stereocenters. The number of hydrogen-bond donors (Lipinski definition) is 1. The number of para-hydroxylation sites is 1. The van der Waals surface area contributed by atoms with Gasteiger partial charge in [0.05, 0.1) is 23.8 Å². The lowest BCUT2D eigenvalue weighted by molar-refractivity contribution is -0.118. The fourth-order valence-electron chi connectivity index (χ4n) is 4.01. The van der Waals surface area contributed by atoms with Gasteiger partial charge in [-0.05, 0) is 37.3 Å². The van der Waals surface area contributed by atoms with Gasteiger partial charge in [-0.2, -0.15) is 4.31 Å². The number of aromatic nitrogens is 2. The number of amides is 1. The van der Waals surface area contributed by atoms with Crippen molar-refractivity contribution in [1.82, 2.24) is 18.8 Å². The van der Waals surface area contributed by atoms with Gasteiger partial charge in [-0.3, -0.25) is 9.69 Å². The molecule has 4 rings (SSSR count). The molecule has 9 nitrogen and oxygen atoms in total. The molecule has 3 aromatic rings. The van der Waals surface area contributed by atoms with Crippen molar-refractivity contribution in [3.8, 4) is 5.75 Å². The van der Waals surface area contributed by atoms with Crippen LogP contribution >= 0.6 is 0 Å². The fourth-order valence-corrected chi connectivity index (χ4v) is 4.84. The van der Waals surface area contributed by atoms with Crippen LogP contribution in [0, 0.1) is 0 Å². The van der Waals surface area contributed by atoms with Gasteiger partial charge in [0.2, 0.25) is 10.0 Å². The molecule has 10 heteroatoms. The average Bonchev–Trinajstić information content (AvgIpc) is 3.14. The Labute approximate surface area is 194 Å². The number of hydrogen-bond acceptors (Lipinski definition) is 6. The molecule has 0 spiro atoms. The Hall–Kier alpha value is -2.95. The third-order valence-electron chi connectivity index (χ3n) is 5.71. The van der Waals surface area contributed by atoms with E-state index in [-0.39, 0.29) is 12.5 Å². The van der Waals surface area contributed by atoms with Gasteiger partial charge in [-0.1, -0.05) is 18.2 Å². The first-order chi connectivity index (χ1) is 15.8. The number of ether oxygens (including phenoxy) is 1. The predicted molar refractivity (Wildman–Crippen MR) is 128 cm³/mol. The predicted octanol–water partition coefficient (Wildman–Crippen LogP) is 2.15. The molecule has 176 valence electrons. The highest BCUT2D eigenvalue weighted by Crippen LogP contribution is 2.22. The minimum absolute atomic E-state index is 0.0733. The summed E-state index contributed by atoms with van der Waals surface area (Å²) in [5, 5.41) is 2.87. The SMILES string of the molecule is CCn1c(CN2CCN(S(C)(=O)=O)CC2)nc2cc(NC(=O)COc3ccccc3)ccc21. The quantitative estimate of drug-likeness (QED) is 0.541.